The number of hydrogen-bond donors (Lipinski definition) is 0. The molecule has 30 aromatic rings. The van der Waals surface area contributed by atoms with E-state index in [-0.39, 0.29) is 0 Å². The average Bonchev–Trinajstić information content (AvgIpc) is 1.58. The lowest BCUT2D eigenvalue weighted by Gasteiger charge is -2.19. The molecule has 0 radical (unpaired) electrons. The molecule has 0 unspecified atom stereocenters. The van der Waals surface area contributed by atoms with Gasteiger partial charge < -0.3 is 13.3 Å². The molecule has 3 nitrogen and oxygen atoms in total. The standard InChI is InChI=1S/C50H30O.C46H28O.C40H24O/c1-2-13-33-27-36(22-21-31(33)11-1)48-40-17-7-9-19-42(40)49(43-20-10-8-18-41(43)48)37-28-34-14-4-5-15-38(34)44(30-37)35-24-25-46-45(29-35)50-39-16-6-3-12-32(39)23-26-47(50)51-46;1-2-13-30(14-3-1)44-36-18-8-10-20-38(36)45(39-21-11-9-19-37(39)44)33-26-31-15-5-6-16-34(31)40(28-33)32-23-24-42-41(27-32)46-35-17-7-4-12-29(35)22-25-43(46)47-42;1-3-13-28-25(10-1)12-9-19-30(28)39-33-17-7-5-15-31(33)38(32-16-6-8-18-34(32)39)27-21-22-36-35(24-27)40-29-14-4-2-11-26(29)20-23-37(40)41-36/h1-30H;1-28H;1-24H. The van der Waals surface area contributed by atoms with Crippen molar-refractivity contribution >= 4 is 206 Å². The van der Waals surface area contributed by atoms with Crippen molar-refractivity contribution in [3.8, 4) is 89.0 Å². The summed E-state index contributed by atoms with van der Waals surface area (Å²) >= 11 is 0. The number of rotatable bonds is 8. The van der Waals surface area contributed by atoms with E-state index in [1.54, 1.807) is 0 Å². The van der Waals surface area contributed by atoms with Crippen molar-refractivity contribution in [1.82, 2.24) is 0 Å². The molecule has 0 saturated heterocycles. The highest BCUT2D eigenvalue weighted by Crippen LogP contribution is 2.53. The Kier molecular flexibility index (Phi) is 18.4. The molecule has 139 heavy (non-hydrogen) atoms. The highest BCUT2D eigenvalue weighted by atomic mass is 16.3. The van der Waals surface area contributed by atoms with Gasteiger partial charge in [-0.15, -0.1) is 0 Å². The molecule has 0 fully saturated rings. The first-order valence-electron chi connectivity index (χ1n) is 47.9. The summed E-state index contributed by atoms with van der Waals surface area (Å²) < 4.78 is 19.1. The van der Waals surface area contributed by atoms with E-state index in [4.69, 9.17) is 13.3 Å². The summed E-state index contributed by atoms with van der Waals surface area (Å²) in [6.07, 6.45) is 0. The molecule has 0 atom stereocenters. The van der Waals surface area contributed by atoms with Crippen LogP contribution in [0.3, 0.4) is 0 Å². The number of hydrogen-bond acceptors (Lipinski definition) is 3. The number of furan rings is 3. The van der Waals surface area contributed by atoms with E-state index >= 15 is 0 Å². The Morgan fingerprint density at radius 3 is 0.719 bits per heavy atom. The highest BCUT2D eigenvalue weighted by Gasteiger charge is 2.26. The zero-order valence-corrected chi connectivity index (χ0v) is 75.6. The topological polar surface area (TPSA) is 39.4 Å². The van der Waals surface area contributed by atoms with Gasteiger partial charge in [0.25, 0.3) is 0 Å². The smallest absolute Gasteiger partial charge is 0.136 e. The predicted octanol–water partition coefficient (Wildman–Crippen LogP) is 39.1. The van der Waals surface area contributed by atoms with Gasteiger partial charge in [-0.3, -0.25) is 0 Å². The maximum absolute atomic E-state index is 6.40. The Morgan fingerprint density at radius 2 is 0.338 bits per heavy atom. The van der Waals surface area contributed by atoms with Gasteiger partial charge in [-0.1, -0.05) is 413 Å². The predicted molar refractivity (Wildman–Crippen MR) is 592 cm³/mol. The van der Waals surface area contributed by atoms with Gasteiger partial charge in [-0.05, 0) is 314 Å². The van der Waals surface area contributed by atoms with Gasteiger partial charge in [0.1, 0.15) is 33.5 Å². The molecule has 0 saturated carbocycles. The summed E-state index contributed by atoms with van der Waals surface area (Å²) in [5, 5.41) is 39.4. The third kappa shape index (κ3) is 13.0. The fraction of sp³-hybridized carbons (Fsp3) is 0. The molecule has 0 N–H and O–H groups in total. The van der Waals surface area contributed by atoms with E-state index in [0.717, 1.165) is 49.7 Å². The van der Waals surface area contributed by atoms with Crippen molar-refractivity contribution in [1.29, 1.82) is 0 Å². The Morgan fingerprint density at radius 1 is 0.101 bits per heavy atom. The first-order valence-corrected chi connectivity index (χ1v) is 47.9. The summed E-state index contributed by atoms with van der Waals surface area (Å²) in [5.74, 6) is 0. The van der Waals surface area contributed by atoms with Gasteiger partial charge in [0.05, 0.1) is 0 Å². The first-order chi connectivity index (χ1) is 68.9. The van der Waals surface area contributed by atoms with Crippen LogP contribution >= 0.6 is 0 Å². The van der Waals surface area contributed by atoms with Gasteiger partial charge in [-0.25, -0.2) is 0 Å². The molecule has 0 spiro atoms. The Hall–Kier alpha value is -18.3. The number of fused-ring (bicyclic) bond motifs is 25. The molecule has 0 aliphatic carbocycles. The normalized spacial score (nSPS) is 11.9. The second kappa shape index (κ2) is 32.3. The van der Waals surface area contributed by atoms with Crippen LogP contribution in [0.15, 0.2) is 511 Å². The molecule has 0 aliphatic heterocycles. The van der Waals surface area contributed by atoms with E-state index < -0.39 is 0 Å². The molecule has 27 aromatic carbocycles. The van der Waals surface area contributed by atoms with E-state index in [9.17, 15) is 0 Å². The van der Waals surface area contributed by atoms with Crippen LogP contribution in [0.4, 0.5) is 0 Å². The second-order valence-corrected chi connectivity index (χ2v) is 36.9. The second-order valence-electron chi connectivity index (χ2n) is 36.9. The highest BCUT2D eigenvalue weighted by molar-refractivity contribution is 6.29. The summed E-state index contributed by atoms with van der Waals surface area (Å²) in [6.45, 7) is 0. The first kappa shape index (κ1) is 79.3. The number of benzene rings is 27. The van der Waals surface area contributed by atoms with Crippen LogP contribution in [-0.4, -0.2) is 0 Å². The Labute approximate surface area is 799 Å². The Balaban J connectivity index is 0.000000103. The van der Waals surface area contributed by atoms with Crippen LogP contribution < -0.4 is 0 Å². The molecule has 3 aromatic heterocycles. The summed E-state index contributed by atoms with van der Waals surface area (Å²) in [7, 11) is 0. The quantitative estimate of drug-likeness (QED) is 0.142. The van der Waals surface area contributed by atoms with E-state index in [0.29, 0.717) is 0 Å². The minimum Gasteiger partial charge on any atom is -0.456 e. The van der Waals surface area contributed by atoms with Crippen LogP contribution in [0, 0.1) is 0 Å². The van der Waals surface area contributed by atoms with Gasteiger partial charge in [-0.2, -0.15) is 0 Å². The van der Waals surface area contributed by atoms with Crippen LogP contribution in [0.25, 0.3) is 295 Å². The molecule has 30 rings (SSSR count). The molecule has 0 bridgehead atoms. The van der Waals surface area contributed by atoms with Crippen molar-refractivity contribution in [2.75, 3.05) is 0 Å². The molecule has 0 aliphatic rings. The maximum atomic E-state index is 6.40. The van der Waals surface area contributed by atoms with E-state index in [1.165, 1.54) is 245 Å². The van der Waals surface area contributed by atoms with Crippen molar-refractivity contribution in [2.45, 2.75) is 0 Å². The van der Waals surface area contributed by atoms with Crippen molar-refractivity contribution in [2.24, 2.45) is 0 Å². The fourth-order valence-corrected chi connectivity index (χ4v) is 23.1. The van der Waals surface area contributed by atoms with Crippen LogP contribution in [0.5, 0.6) is 0 Å². The lowest BCUT2D eigenvalue weighted by molar-refractivity contribution is 0.669. The van der Waals surface area contributed by atoms with Gasteiger partial charge in [0.2, 0.25) is 0 Å². The molecule has 0 amide bonds. The summed E-state index contributed by atoms with van der Waals surface area (Å²) in [6, 6.07) is 181. The minimum atomic E-state index is 0.909. The zero-order valence-electron chi connectivity index (χ0n) is 75.6. The van der Waals surface area contributed by atoms with E-state index in [2.05, 4.69) is 497 Å². The van der Waals surface area contributed by atoms with Crippen molar-refractivity contribution in [3.63, 3.8) is 0 Å². The maximum Gasteiger partial charge on any atom is 0.136 e. The van der Waals surface area contributed by atoms with Gasteiger partial charge in [0.15, 0.2) is 0 Å². The lowest BCUT2D eigenvalue weighted by atomic mass is 9.84. The van der Waals surface area contributed by atoms with Gasteiger partial charge >= 0.3 is 0 Å². The minimum absolute atomic E-state index is 0.909. The third-order valence-corrected chi connectivity index (χ3v) is 29.2. The van der Waals surface area contributed by atoms with Crippen molar-refractivity contribution < 1.29 is 13.3 Å². The SMILES string of the molecule is c1ccc(-c2c3ccccc3c(-c3cc(-c4ccc5oc6ccc7ccccc7c6c5c4)c4ccccc4c3)c3ccccc23)cc1.c1ccc2c(-c3c4ccccc4c(-c4ccc5oc6ccc7ccccc7c6c5c4)c4ccccc34)cccc2c1.c1ccc2cc(-c3c4ccccc4c(-c4cc(-c5ccc6oc7ccc8ccccc8c7c6c5)c5ccccc5c4)c4ccccc34)ccc2c1. The molecule has 3 heteroatoms. The van der Waals surface area contributed by atoms with Crippen molar-refractivity contribution in [3.05, 3.63) is 497 Å². The Bertz CT molecular complexity index is 10200. The monoisotopic (exact) mass is 1760 g/mol. The van der Waals surface area contributed by atoms with Crippen LogP contribution in [-0.2, 0) is 0 Å². The largest absolute Gasteiger partial charge is 0.456 e. The lowest BCUT2D eigenvalue weighted by Crippen LogP contribution is -1.92. The van der Waals surface area contributed by atoms with E-state index in [1.807, 2.05) is 0 Å². The molecular formula is C136H82O3. The zero-order chi connectivity index (χ0) is 91.3. The van der Waals surface area contributed by atoms with Crippen LogP contribution in [0.1, 0.15) is 0 Å². The molecule has 3 heterocycles. The third-order valence-electron chi connectivity index (χ3n) is 29.2. The van der Waals surface area contributed by atoms with Gasteiger partial charge in [0, 0.05) is 32.3 Å². The molecular weight excluding hydrogens is 1680 g/mol. The fourth-order valence-electron chi connectivity index (χ4n) is 23.1. The molecule has 644 valence electrons. The average molecular weight is 1760 g/mol. The van der Waals surface area contributed by atoms with Crippen LogP contribution in [0.2, 0.25) is 0 Å². The summed E-state index contributed by atoms with van der Waals surface area (Å²) in [5.41, 5.74) is 25.3. The summed E-state index contributed by atoms with van der Waals surface area (Å²) in [4.78, 5) is 0.